The van der Waals surface area contributed by atoms with Gasteiger partial charge in [0.05, 0.1) is 6.04 Å². The molecule has 1 fully saturated rings. The number of amides is 1. The lowest BCUT2D eigenvalue weighted by Gasteiger charge is -2.21. The van der Waals surface area contributed by atoms with Crippen molar-refractivity contribution in [2.24, 2.45) is 0 Å². The van der Waals surface area contributed by atoms with Crippen LogP contribution in [0.15, 0.2) is 0 Å². The summed E-state index contributed by atoms with van der Waals surface area (Å²) < 4.78 is 0. The molecule has 1 heterocycles. The van der Waals surface area contributed by atoms with Crippen molar-refractivity contribution in [3.05, 3.63) is 0 Å². The summed E-state index contributed by atoms with van der Waals surface area (Å²) in [6, 6.07) is 0.0411. The second-order valence-corrected chi connectivity index (χ2v) is 5.22. The van der Waals surface area contributed by atoms with Crippen molar-refractivity contribution in [2.45, 2.75) is 12.5 Å². The van der Waals surface area contributed by atoms with Crippen LogP contribution in [-0.2, 0) is 4.79 Å². The lowest BCUT2D eigenvalue weighted by Crippen LogP contribution is -2.43. The standard InChI is InChI=1S/C10H21N3OS/c1-12(2)5-4-6-13(3)10(14)9-7-15-8-11-9/h9,11H,4-8H2,1-3H3. The number of likely N-dealkylation sites (N-methyl/N-ethyl adjacent to an activating group) is 1. The van der Waals surface area contributed by atoms with Crippen molar-refractivity contribution >= 4 is 17.7 Å². The van der Waals surface area contributed by atoms with Crippen LogP contribution in [0, 0.1) is 0 Å². The van der Waals surface area contributed by atoms with Crippen LogP contribution >= 0.6 is 11.8 Å². The highest BCUT2D eigenvalue weighted by atomic mass is 32.2. The quantitative estimate of drug-likeness (QED) is 0.726. The molecule has 0 aliphatic carbocycles. The van der Waals surface area contributed by atoms with Crippen molar-refractivity contribution in [3.63, 3.8) is 0 Å². The van der Waals surface area contributed by atoms with Gasteiger partial charge in [-0.25, -0.2) is 0 Å². The van der Waals surface area contributed by atoms with Crippen LogP contribution in [0.1, 0.15) is 6.42 Å². The Morgan fingerprint density at radius 3 is 2.67 bits per heavy atom. The molecule has 0 radical (unpaired) electrons. The highest BCUT2D eigenvalue weighted by molar-refractivity contribution is 7.99. The molecule has 1 unspecified atom stereocenters. The van der Waals surface area contributed by atoms with Gasteiger partial charge in [-0.15, -0.1) is 11.8 Å². The first-order chi connectivity index (χ1) is 7.11. The van der Waals surface area contributed by atoms with Crippen molar-refractivity contribution in [1.29, 1.82) is 0 Å². The minimum atomic E-state index is 0.0411. The summed E-state index contributed by atoms with van der Waals surface area (Å²) in [4.78, 5) is 15.8. The number of hydrogen-bond acceptors (Lipinski definition) is 4. The van der Waals surface area contributed by atoms with Crippen LogP contribution in [0.5, 0.6) is 0 Å². The maximum atomic E-state index is 11.9. The van der Waals surface area contributed by atoms with Gasteiger partial charge < -0.3 is 9.80 Å². The lowest BCUT2D eigenvalue weighted by atomic mass is 10.3. The van der Waals surface area contributed by atoms with Gasteiger partial charge >= 0.3 is 0 Å². The molecule has 0 saturated carbocycles. The zero-order valence-electron chi connectivity index (χ0n) is 9.82. The van der Waals surface area contributed by atoms with Crippen LogP contribution in [0.25, 0.3) is 0 Å². The van der Waals surface area contributed by atoms with Crippen LogP contribution in [-0.4, -0.2) is 67.6 Å². The van der Waals surface area contributed by atoms with E-state index in [2.05, 4.69) is 24.3 Å². The molecule has 0 bridgehead atoms. The summed E-state index contributed by atoms with van der Waals surface area (Å²) in [6.07, 6.45) is 1.04. The molecule has 0 spiro atoms. The summed E-state index contributed by atoms with van der Waals surface area (Å²) in [5.74, 6) is 2.05. The van der Waals surface area contributed by atoms with E-state index in [9.17, 15) is 4.79 Å². The van der Waals surface area contributed by atoms with Gasteiger partial charge in [0.1, 0.15) is 0 Å². The number of nitrogens with zero attached hydrogens (tertiary/aromatic N) is 2. The van der Waals surface area contributed by atoms with E-state index in [4.69, 9.17) is 0 Å². The van der Waals surface area contributed by atoms with Crippen molar-refractivity contribution in [2.75, 3.05) is 45.9 Å². The summed E-state index contributed by atoms with van der Waals surface area (Å²) in [6.45, 7) is 1.88. The molecule has 1 N–H and O–H groups in total. The summed E-state index contributed by atoms with van der Waals surface area (Å²) in [7, 11) is 6.00. The molecule has 4 nitrogen and oxygen atoms in total. The fraction of sp³-hybridized carbons (Fsp3) is 0.900. The number of nitrogens with one attached hydrogen (secondary N) is 1. The van der Waals surface area contributed by atoms with Gasteiger partial charge in [0.15, 0.2) is 0 Å². The first-order valence-electron chi connectivity index (χ1n) is 5.32. The van der Waals surface area contributed by atoms with Gasteiger partial charge in [0.25, 0.3) is 0 Å². The maximum Gasteiger partial charge on any atom is 0.240 e. The Morgan fingerprint density at radius 2 is 2.13 bits per heavy atom. The molecular weight excluding hydrogens is 210 g/mol. The molecule has 0 aromatic carbocycles. The monoisotopic (exact) mass is 231 g/mol. The molecule has 0 aromatic heterocycles. The largest absolute Gasteiger partial charge is 0.344 e. The fourth-order valence-corrected chi connectivity index (χ4v) is 2.49. The van der Waals surface area contributed by atoms with E-state index < -0.39 is 0 Å². The van der Waals surface area contributed by atoms with Gasteiger partial charge in [-0.3, -0.25) is 10.1 Å². The average molecular weight is 231 g/mol. The number of thioether (sulfide) groups is 1. The molecular formula is C10H21N3OS. The molecule has 1 amide bonds. The van der Waals surface area contributed by atoms with Crippen LogP contribution in [0.4, 0.5) is 0 Å². The Hall–Kier alpha value is -0.260. The predicted molar refractivity (Wildman–Crippen MR) is 65.1 cm³/mol. The third-order valence-electron chi connectivity index (χ3n) is 2.49. The predicted octanol–water partition coefficient (Wildman–Crippen LogP) is 0.0590. The SMILES string of the molecule is CN(C)CCCN(C)C(=O)C1CSCN1. The number of carbonyl (C=O) groups is 1. The molecule has 15 heavy (non-hydrogen) atoms. The number of carbonyl (C=O) groups excluding carboxylic acids is 1. The average Bonchev–Trinajstić information content (AvgIpc) is 2.68. The summed E-state index contributed by atoms with van der Waals surface area (Å²) in [5.41, 5.74) is 0. The highest BCUT2D eigenvalue weighted by Gasteiger charge is 2.24. The maximum absolute atomic E-state index is 11.9. The Kier molecular flexibility index (Phi) is 5.42. The molecule has 1 rings (SSSR count). The normalized spacial score (nSPS) is 20.9. The molecule has 0 aromatic rings. The molecule has 5 heteroatoms. The van der Waals surface area contributed by atoms with Crippen molar-refractivity contribution < 1.29 is 4.79 Å². The van der Waals surface area contributed by atoms with E-state index in [0.29, 0.717) is 0 Å². The van der Waals surface area contributed by atoms with Crippen LogP contribution in [0.3, 0.4) is 0 Å². The van der Waals surface area contributed by atoms with E-state index in [1.165, 1.54) is 0 Å². The van der Waals surface area contributed by atoms with Crippen LogP contribution in [0.2, 0.25) is 0 Å². The van der Waals surface area contributed by atoms with Gasteiger partial charge in [0, 0.05) is 25.2 Å². The minimum absolute atomic E-state index is 0.0411. The number of hydrogen-bond donors (Lipinski definition) is 1. The Labute approximate surface area is 96.4 Å². The molecule has 1 atom stereocenters. The topological polar surface area (TPSA) is 35.6 Å². The minimum Gasteiger partial charge on any atom is -0.344 e. The second kappa shape index (κ2) is 6.35. The third-order valence-corrected chi connectivity index (χ3v) is 3.43. The van der Waals surface area contributed by atoms with E-state index in [-0.39, 0.29) is 11.9 Å². The Morgan fingerprint density at radius 1 is 1.40 bits per heavy atom. The van der Waals surface area contributed by atoms with E-state index in [1.807, 2.05) is 11.9 Å². The molecule has 1 aliphatic rings. The van der Waals surface area contributed by atoms with Gasteiger partial charge in [-0.1, -0.05) is 0 Å². The Balaban J connectivity index is 2.20. The summed E-state index contributed by atoms with van der Waals surface area (Å²) in [5, 5.41) is 3.20. The van der Waals surface area contributed by atoms with E-state index in [0.717, 1.165) is 31.1 Å². The fourth-order valence-electron chi connectivity index (χ4n) is 1.55. The van der Waals surface area contributed by atoms with Crippen molar-refractivity contribution in [3.8, 4) is 0 Å². The van der Waals surface area contributed by atoms with E-state index >= 15 is 0 Å². The van der Waals surface area contributed by atoms with Crippen molar-refractivity contribution in [1.82, 2.24) is 15.1 Å². The highest BCUT2D eigenvalue weighted by Crippen LogP contribution is 2.11. The zero-order chi connectivity index (χ0) is 11.3. The third kappa shape index (κ3) is 4.40. The van der Waals surface area contributed by atoms with Gasteiger partial charge in [-0.2, -0.15) is 0 Å². The first kappa shape index (κ1) is 12.8. The molecule has 1 aliphatic heterocycles. The van der Waals surface area contributed by atoms with Crippen LogP contribution < -0.4 is 5.32 Å². The first-order valence-corrected chi connectivity index (χ1v) is 6.47. The lowest BCUT2D eigenvalue weighted by molar-refractivity contribution is -0.131. The second-order valence-electron chi connectivity index (χ2n) is 4.19. The van der Waals surface area contributed by atoms with E-state index in [1.54, 1.807) is 11.8 Å². The van der Waals surface area contributed by atoms with Gasteiger partial charge in [-0.05, 0) is 27.1 Å². The smallest absolute Gasteiger partial charge is 0.240 e. The number of rotatable bonds is 5. The molecule has 1 saturated heterocycles. The Bertz CT molecular complexity index is 205. The summed E-state index contributed by atoms with van der Waals surface area (Å²) >= 11 is 1.79. The zero-order valence-corrected chi connectivity index (χ0v) is 10.6. The van der Waals surface area contributed by atoms with Gasteiger partial charge in [0.2, 0.25) is 5.91 Å². The molecule has 88 valence electrons.